The molecule has 4 amide bonds. The Morgan fingerprint density at radius 1 is 1.33 bits per heavy atom. The Balaban J connectivity index is 1.59. The van der Waals surface area contributed by atoms with Gasteiger partial charge in [0.2, 0.25) is 5.91 Å². The Kier molecular flexibility index (Phi) is 3.25. The number of amides is 4. The second-order valence-electron chi connectivity index (χ2n) is 5.16. The molecule has 0 aliphatic carbocycles. The minimum Gasteiger partial charge on any atom is -0.465 e. The summed E-state index contributed by atoms with van der Waals surface area (Å²) in [6.07, 6.45) is 5.44. The minimum absolute atomic E-state index is 0.133. The van der Waals surface area contributed by atoms with Gasteiger partial charge in [0.25, 0.3) is 5.91 Å². The van der Waals surface area contributed by atoms with Gasteiger partial charge in [-0.25, -0.2) is 4.79 Å². The van der Waals surface area contributed by atoms with Crippen LogP contribution in [0.3, 0.4) is 0 Å². The molecule has 110 valence electrons. The van der Waals surface area contributed by atoms with Gasteiger partial charge in [-0.2, -0.15) is 0 Å². The first kappa shape index (κ1) is 13.4. The van der Waals surface area contributed by atoms with Gasteiger partial charge >= 0.3 is 6.03 Å². The van der Waals surface area contributed by atoms with Gasteiger partial charge in [0.15, 0.2) is 0 Å². The lowest BCUT2D eigenvalue weighted by atomic mass is 9.87. The second-order valence-corrected chi connectivity index (χ2v) is 5.16. The molecule has 7 heteroatoms. The topological polar surface area (TPSA) is 91.7 Å². The fourth-order valence-electron chi connectivity index (χ4n) is 2.63. The first-order valence-corrected chi connectivity index (χ1v) is 6.73. The molecule has 7 nitrogen and oxygen atoms in total. The van der Waals surface area contributed by atoms with Crippen molar-refractivity contribution in [1.29, 1.82) is 0 Å². The maximum atomic E-state index is 12.1. The summed E-state index contributed by atoms with van der Waals surface area (Å²) in [6, 6.07) is 3.04. The number of carbonyl (C=O) groups excluding carboxylic acids is 3. The zero-order valence-corrected chi connectivity index (χ0v) is 11.3. The number of urea groups is 1. The van der Waals surface area contributed by atoms with Gasteiger partial charge in [0.05, 0.1) is 6.26 Å². The largest absolute Gasteiger partial charge is 0.465 e. The third-order valence-electron chi connectivity index (χ3n) is 3.88. The van der Waals surface area contributed by atoms with Crippen LogP contribution in [0.1, 0.15) is 18.6 Å². The van der Waals surface area contributed by atoms with Crippen LogP contribution in [-0.2, 0) is 9.59 Å². The monoisotopic (exact) mass is 289 g/mol. The molecule has 3 heterocycles. The van der Waals surface area contributed by atoms with Gasteiger partial charge in [0.1, 0.15) is 11.3 Å². The van der Waals surface area contributed by atoms with Crippen molar-refractivity contribution in [2.75, 3.05) is 13.1 Å². The number of imide groups is 1. The van der Waals surface area contributed by atoms with E-state index in [1.165, 1.54) is 12.3 Å². The summed E-state index contributed by atoms with van der Waals surface area (Å²) in [5.74, 6) is 0.177. The maximum Gasteiger partial charge on any atom is 0.322 e. The minimum atomic E-state index is -0.849. The molecule has 1 spiro atoms. The first-order chi connectivity index (χ1) is 10.1. The molecular weight excluding hydrogens is 274 g/mol. The number of hydrogen-bond donors (Lipinski definition) is 2. The lowest BCUT2D eigenvalue weighted by Crippen LogP contribution is -2.55. The van der Waals surface area contributed by atoms with Crippen LogP contribution in [-0.4, -0.2) is 41.4 Å². The predicted octanol–water partition coefficient (Wildman–Crippen LogP) is 0.493. The first-order valence-electron chi connectivity index (χ1n) is 6.73. The zero-order chi connectivity index (χ0) is 14.9. The van der Waals surface area contributed by atoms with E-state index in [1.807, 2.05) is 0 Å². The Morgan fingerprint density at radius 3 is 2.67 bits per heavy atom. The molecule has 2 fully saturated rings. The molecule has 0 aromatic carbocycles. The Morgan fingerprint density at radius 2 is 2.10 bits per heavy atom. The van der Waals surface area contributed by atoms with Gasteiger partial charge in [0, 0.05) is 19.2 Å². The third kappa shape index (κ3) is 2.54. The summed E-state index contributed by atoms with van der Waals surface area (Å²) < 4.78 is 5.12. The molecule has 1 aromatic rings. The van der Waals surface area contributed by atoms with Gasteiger partial charge < -0.3 is 14.6 Å². The van der Waals surface area contributed by atoms with Crippen molar-refractivity contribution in [3.05, 3.63) is 30.2 Å². The predicted molar refractivity (Wildman–Crippen MR) is 73.0 cm³/mol. The lowest BCUT2D eigenvalue weighted by molar-refractivity contribution is -0.132. The second kappa shape index (κ2) is 5.08. The average molecular weight is 289 g/mol. The highest BCUT2D eigenvalue weighted by Crippen LogP contribution is 2.25. The number of hydrogen-bond acceptors (Lipinski definition) is 4. The van der Waals surface area contributed by atoms with E-state index in [0.29, 0.717) is 31.7 Å². The molecule has 0 radical (unpaired) electrons. The van der Waals surface area contributed by atoms with Gasteiger partial charge in [-0.3, -0.25) is 14.9 Å². The van der Waals surface area contributed by atoms with Crippen molar-refractivity contribution < 1.29 is 18.8 Å². The highest BCUT2D eigenvalue weighted by Gasteiger charge is 2.48. The number of nitrogens with zero attached hydrogens (tertiary/aromatic N) is 1. The smallest absolute Gasteiger partial charge is 0.322 e. The molecule has 1 aromatic heterocycles. The number of likely N-dealkylation sites (tertiary alicyclic amines) is 1. The molecule has 2 aliphatic heterocycles. The van der Waals surface area contributed by atoms with Crippen LogP contribution in [0.15, 0.2) is 28.9 Å². The van der Waals surface area contributed by atoms with E-state index in [0.717, 1.165) is 0 Å². The molecule has 2 saturated heterocycles. The van der Waals surface area contributed by atoms with Crippen molar-refractivity contribution in [3.8, 4) is 0 Å². The van der Waals surface area contributed by atoms with E-state index in [-0.39, 0.29) is 11.8 Å². The van der Waals surface area contributed by atoms with E-state index in [9.17, 15) is 14.4 Å². The van der Waals surface area contributed by atoms with Crippen molar-refractivity contribution in [1.82, 2.24) is 15.5 Å². The van der Waals surface area contributed by atoms with Crippen LogP contribution in [0.4, 0.5) is 4.79 Å². The quantitative estimate of drug-likeness (QED) is 0.612. The summed E-state index contributed by atoms with van der Waals surface area (Å²) in [7, 11) is 0. The summed E-state index contributed by atoms with van der Waals surface area (Å²) in [6.45, 7) is 0.851. The molecule has 0 bridgehead atoms. The molecule has 3 rings (SSSR count). The van der Waals surface area contributed by atoms with Crippen molar-refractivity contribution in [3.63, 3.8) is 0 Å². The van der Waals surface area contributed by atoms with Gasteiger partial charge in [-0.1, -0.05) is 0 Å². The molecule has 0 saturated carbocycles. The fourth-order valence-corrected chi connectivity index (χ4v) is 2.63. The van der Waals surface area contributed by atoms with Crippen LogP contribution >= 0.6 is 0 Å². The SMILES string of the molecule is O=C1NC(=O)C2(CCN(C(=O)C=Cc3ccco3)CC2)N1. The van der Waals surface area contributed by atoms with E-state index >= 15 is 0 Å². The van der Waals surface area contributed by atoms with Crippen molar-refractivity contribution in [2.45, 2.75) is 18.4 Å². The molecule has 2 N–H and O–H groups in total. The summed E-state index contributed by atoms with van der Waals surface area (Å²) in [4.78, 5) is 36.7. The number of furan rings is 1. The van der Waals surface area contributed by atoms with Crippen molar-refractivity contribution >= 4 is 23.9 Å². The van der Waals surface area contributed by atoms with Crippen LogP contribution in [0, 0.1) is 0 Å². The van der Waals surface area contributed by atoms with Crippen LogP contribution in [0.5, 0.6) is 0 Å². The maximum absolute atomic E-state index is 12.1. The van der Waals surface area contributed by atoms with Crippen molar-refractivity contribution in [2.24, 2.45) is 0 Å². The zero-order valence-electron chi connectivity index (χ0n) is 11.3. The fraction of sp³-hybridized carbons (Fsp3) is 0.357. The molecule has 0 unspecified atom stereocenters. The van der Waals surface area contributed by atoms with Crippen LogP contribution in [0.25, 0.3) is 6.08 Å². The van der Waals surface area contributed by atoms with Gasteiger partial charge in [-0.15, -0.1) is 0 Å². The van der Waals surface area contributed by atoms with E-state index < -0.39 is 11.6 Å². The molecular formula is C14H15N3O4. The summed E-state index contributed by atoms with van der Waals surface area (Å²) >= 11 is 0. The highest BCUT2D eigenvalue weighted by molar-refractivity contribution is 6.07. The van der Waals surface area contributed by atoms with E-state index in [4.69, 9.17) is 4.42 Å². The Hall–Kier alpha value is -2.57. The number of nitrogens with one attached hydrogen (secondary N) is 2. The average Bonchev–Trinajstić information content (AvgIpc) is 3.06. The molecule has 0 atom stereocenters. The molecule has 21 heavy (non-hydrogen) atoms. The standard InChI is InChI=1S/C14H15N3O4/c18-11(4-3-10-2-1-9-21-10)17-7-5-14(6-8-17)12(19)15-13(20)16-14/h1-4,9H,5-8H2,(H2,15,16,19,20). The Labute approximate surface area is 121 Å². The third-order valence-corrected chi connectivity index (χ3v) is 3.88. The van der Waals surface area contributed by atoms with Gasteiger partial charge in [-0.05, 0) is 31.1 Å². The van der Waals surface area contributed by atoms with Crippen LogP contribution < -0.4 is 10.6 Å². The normalized spacial score (nSPS) is 20.9. The number of rotatable bonds is 2. The Bertz CT molecular complexity index is 598. The lowest BCUT2D eigenvalue weighted by Gasteiger charge is -2.36. The number of piperidine rings is 1. The highest BCUT2D eigenvalue weighted by atomic mass is 16.3. The molecule has 2 aliphatic rings. The number of carbonyl (C=O) groups is 3. The summed E-state index contributed by atoms with van der Waals surface area (Å²) in [5.41, 5.74) is -0.849. The van der Waals surface area contributed by atoms with E-state index in [2.05, 4.69) is 10.6 Å². The van der Waals surface area contributed by atoms with Crippen LogP contribution in [0.2, 0.25) is 0 Å². The summed E-state index contributed by atoms with van der Waals surface area (Å²) in [5, 5.41) is 4.91. The van der Waals surface area contributed by atoms with E-state index in [1.54, 1.807) is 23.1 Å².